The molecule has 0 aliphatic carbocycles. The van der Waals surface area contributed by atoms with Gasteiger partial charge in [0.2, 0.25) is 10.0 Å². The third-order valence-electron chi connectivity index (χ3n) is 4.51. The van der Waals surface area contributed by atoms with Gasteiger partial charge < -0.3 is 10.1 Å². The predicted molar refractivity (Wildman–Crippen MR) is 104 cm³/mol. The van der Waals surface area contributed by atoms with Crippen LogP contribution in [0.5, 0.6) is 0 Å². The van der Waals surface area contributed by atoms with Crippen LogP contribution in [0, 0.1) is 13.8 Å². The van der Waals surface area contributed by atoms with Crippen LogP contribution >= 0.6 is 0 Å². The minimum atomic E-state index is -3.60. The Morgan fingerprint density at radius 3 is 2.33 bits per heavy atom. The third kappa shape index (κ3) is 4.37. The second kappa shape index (κ2) is 7.80. The number of hydrogen-bond acceptors (Lipinski definition) is 4. The van der Waals surface area contributed by atoms with Crippen molar-refractivity contribution in [2.45, 2.75) is 31.7 Å². The Kier molecular flexibility index (Phi) is 5.64. The number of anilines is 1. The molecular formula is C20H24N2O4S. The summed E-state index contributed by atoms with van der Waals surface area (Å²) >= 11 is 0. The smallest absolute Gasteiger partial charge is 0.255 e. The Hall–Kier alpha value is -2.22. The molecule has 1 aliphatic heterocycles. The van der Waals surface area contributed by atoms with Crippen molar-refractivity contribution in [3.05, 3.63) is 59.2 Å². The Morgan fingerprint density at radius 2 is 1.74 bits per heavy atom. The highest BCUT2D eigenvalue weighted by Gasteiger charge is 2.31. The summed E-state index contributed by atoms with van der Waals surface area (Å²) in [7, 11) is -3.60. The first-order chi connectivity index (χ1) is 12.8. The highest BCUT2D eigenvalue weighted by Crippen LogP contribution is 2.21. The van der Waals surface area contributed by atoms with Crippen LogP contribution in [0.3, 0.4) is 0 Å². The van der Waals surface area contributed by atoms with Crippen LogP contribution < -0.4 is 5.32 Å². The van der Waals surface area contributed by atoms with Crippen molar-refractivity contribution in [2.24, 2.45) is 0 Å². The normalized spacial score (nSPS) is 18.3. The van der Waals surface area contributed by atoms with Gasteiger partial charge in [-0.15, -0.1) is 0 Å². The molecule has 1 amide bonds. The van der Waals surface area contributed by atoms with Gasteiger partial charge in [-0.1, -0.05) is 6.07 Å². The van der Waals surface area contributed by atoms with Crippen molar-refractivity contribution in [3.63, 3.8) is 0 Å². The Balaban J connectivity index is 1.77. The standard InChI is InChI=1S/C20H24N2O4S/c1-14-10-15(2)12-18(11-14)21-20(23)17-4-6-19(7-5-17)27(24,25)22-8-9-26-13-16(22)3/h4-7,10-12,16H,8-9,13H2,1-3H3,(H,21,23). The van der Waals surface area contributed by atoms with Gasteiger partial charge in [-0.3, -0.25) is 4.79 Å². The van der Waals surface area contributed by atoms with Crippen LogP contribution in [0.25, 0.3) is 0 Å². The van der Waals surface area contributed by atoms with Crippen LogP contribution in [0.1, 0.15) is 28.4 Å². The number of morpholine rings is 1. The van der Waals surface area contributed by atoms with E-state index in [0.29, 0.717) is 25.3 Å². The quantitative estimate of drug-likeness (QED) is 0.874. The lowest BCUT2D eigenvalue weighted by atomic mass is 10.1. The molecule has 0 bridgehead atoms. The molecule has 1 saturated heterocycles. The van der Waals surface area contributed by atoms with Crippen LogP contribution in [-0.2, 0) is 14.8 Å². The fraction of sp³-hybridized carbons (Fsp3) is 0.350. The highest BCUT2D eigenvalue weighted by atomic mass is 32.2. The van der Waals surface area contributed by atoms with E-state index in [1.807, 2.05) is 39.0 Å². The van der Waals surface area contributed by atoms with E-state index in [1.165, 1.54) is 28.6 Å². The number of carbonyl (C=O) groups excluding carboxylic acids is 1. The van der Waals surface area contributed by atoms with E-state index in [1.54, 1.807) is 0 Å². The minimum absolute atomic E-state index is 0.180. The number of nitrogens with one attached hydrogen (secondary N) is 1. The lowest BCUT2D eigenvalue weighted by Gasteiger charge is -2.32. The molecule has 0 aromatic heterocycles. The Bertz CT molecular complexity index is 919. The number of sulfonamides is 1. The zero-order valence-corrected chi connectivity index (χ0v) is 16.5. The molecule has 2 aromatic rings. The first-order valence-corrected chi connectivity index (χ1v) is 10.3. The largest absolute Gasteiger partial charge is 0.378 e. The van der Waals surface area contributed by atoms with E-state index in [9.17, 15) is 13.2 Å². The van der Waals surface area contributed by atoms with E-state index in [-0.39, 0.29) is 16.8 Å². The van der Waals surface area contributed by atoms with E-state index >= 15 is 0 Å². The average molecular weight is 388 g/mol. The summed E-state index contributed by atoms with van der Waals surface area (Å²) in [5.74, 6) is -0.274. The number of rotatable bonds is 4. The van der Waals surface area contributed by atoms with Gasteiger partial charge in [0.15, 0.2) is 0 Å². The van der Waals surface area contributed by atoms with E-state index in [4.69, 9.17) is 4.74 Å². The molecule has 1 heterocycles. The third-order valence-corrected chi connectivity index (χ3v) is 6.54. The molecule has 144 valence electrons. The van der Waals surface area contributed by atoms with Crippen LogP contribution in [-0.4, -0.2) is 44.4 Å². The van der Waals surface area contributed by atoms with Gasteiger partial charge in [0.1, 0.15) is 0 Å². The molecule has 0 saturated carbocycles. The number of benzene rings is 2. The summed E-state index contributed by atoms with van der Waals surface area (Å²) < 4.78 is 32.4. The van der Waals surface area contributed by atoms with Crippen LogP contribution in [0.4, 0.5) is 5.69 Å². The minimum Gasteiger partial charge on any atom is -0.378 e. The summed E-state index contributed by atoms with van der Waals surface area (Å²) in [4.78, 5) is 12.6. The highest BCUT2D eigenvalue weighted by molar-refractivity contribution is 7.89. The van der Waals surface area contributed by atoms with Gasteiger partial charge in [0.25, 0.3) is 5.91 Å². The maximum absolute atomic E-state index is 12.8. The molecule has 6 nitrogen and oxygen atoms in total. The molecule has 1 fully saturated rings. The first-order valence-electron chi connectivity index (χ1n) is 8.86. The van der Waals surface area contributed by atoms with Crippen molar-refractivity contribution < 1.29 is 17.9 Å². The van der Waals surface area contributed by atoms with Crippen LogP contribution in [0.15, 0.2) is 47.4 Å². The molecular weight excluding hydrogens is 364 g/mol. The molecule has 1 unspecified atom stereocenters. The number of carbonyl (C=O) groups is 1. The summed E-state index contributed by atoms with van der Waals surface area (Å²) in [6.45, 7) is 6.86. The van der Waals surface area contributed by atoms with Gasteiger partial charge in [-0.05, 0) is 68.3 Å². The van der Waals surface area contributed by atoms with Crippen molar-refractivity contribution >= 4 is 21.6 Å². The van der Waals surface area contributed by atoms with Crippen molar-refractivity contribution in [1.29, 1.82) is 0 Å². The molecule has 0 radical (unpaired) electrons. The number of nitrogens with zero attached hydrogens (tertiary/aromatic N) is 1. The molecule has 0 spiro atoms. The fourth-order valence-corrected chi connectivity index (χ4v) is 4.83. The lowest BCUT2D eigenvalue weighted by Crippen LogP contribution is -2.46. The molecule has 7 heteroatoms. The van der Waals surface area contributed by atoms with Gasteiger partial charge in [0, 0.05) is 23.8 Å². The summed E-state index contributed by atoms with van der Waals surface area (Å²) in [5.41, 5.74) is 3.25. The maximum atomic E-state index is 12.8. The zero-order valence-electron chi connectivity index (χ0n) is 15.7. The molecule has 2 aromatic carbocycles. The molecule has 1 aliphatic rings. The van der Waals surface area contributed by atoms with Crippen molar-refractivity contribution in [2.75, 3.05) is 25.1 Å². The summed E-state index contributed by atoms with van der Waals surface area (Å²) in [6.07, 6.45) is 0. The molecule has 1 atom stereocenters. The molecule has 27 heavy (non-hydrogen) atoms. The van der Waals surface area contributed by atoms with Crippen molar-refractivity contribution in [1.82, 2.24) is 4.31 Å². The van der Waals surface area contributed by atoms with Gasteiger partial charge in [-0.2, -0.15) is 4.31 Å². The monoisotopic (exact) mass is 388 g/mol. The van der Waals surface area contributed by atoms with Gasteiger partial charge in [0.05, 0.1) is 18.1 Å². The first kappa shape index (κ1) is 19.5. The topological polar surface area (TPSA) is 75.7 Å². The van der Waals surface area contributed by atoms with E-state index in [2.05, 4.69) is 5.32 Å². The number of aryl methyl sites for hydroxylation is 2. The molecule has 3 rings (SSSR count). The van der Waals surface area contributed by atoms with Gasteiger partial charge in [-0.25, -0.2) is 8.42 Å². The van der Waals surface area contributed by atoms with Crippen LogP contribution in [0.2, 0.25) is 0 Å². The Labute approximate surface area is 160 Å². The summed E-state index contributed by atoms with van der Waals surface area (Å²) in [5, 5.41) is 2.85. The zero-order chi connectivity index (χ0) is 19.6. The fourth-order valence-electron chi connectivity index (χ4n) is 3.23. The second-order valence-electron chi connectivity index (χ2n) is 6.89. The molecule has 1 N–H and O–H groups in total. The lowest BCUT2D eigenvalue weighted by molar-refractivity contribution is 0.0393. The number of amides is 1. The Morgan fingerprint density at radius 1 is 1.11 bits per heavy atom. The number of ether oxygens (including phenoxy) is 1. The average Bonchev–Trinajstić information content (AvgIpc) is 2.61. The van der Waals surface area contributed by atoms with Crippen molar-refractivity contribution in [3.8, 4) is 0 Å². The SMILES string of the molecule is Cc1cc(C)cc(NC(=O)c2ccc(S(=O)(=O)N3CCOCC3C)cc2)c1. The van der Waals surface area contributed by atoms with E-state index < -0.39 is 10.0 Å². The number of hydrogen-bond donors (Lipinski definition) is 1. The second-order valence-corrected chi connectivity index (χ2v) is 8.79. The van der Waals surface area contributed by atoms with E-state index in [0.717, 1.165) is 16.8 Å². The predicted octanol–water partition coefficient (Wildman–Crippen LogP) is 2.97. The van der Waals surface area contributed by atoms with Gasteiger partial charge >= 0.3 is 0 Å². The summed E-state index contributed by atoms with van der Waals surface area (Å²) in [6, 6.07) is 11.6. The maximum Gasteiger partial charge on any atom is 0.255 e.